The largest absolute Gasteiger partial charge is 2.00 e. The molecule has 0 radical (unpaired) electrons. The molecule has 0 atom stereocenters. The first kappa shape index (κ1) is 47.3. The third-order valence-corrected chi connectivity index (χ3v) is 8.48. The Morgan fingerprint density at radius 2 is 0.517 bits per heavy atom. The van der Waals surface area contributed by atoms with Crippen molar-refractivity contribution in [3.8, 4) is 0 Å². The van der Waals surface area contributed by atoms with Crippen LogP contribution in [0.15, 0.2) is 48.6 Å². The Morgan fingerprint density at radius 3 is 0.638 bits per heavy atom. The van der Waals surface area contributed by atoms with E-state index in [4.69, 9.17) is 0 Å². The first-order chi connectivity index (χ1) is 26.5. The van der Waals surface area contributed by atoms with E-state index in [0.717, 1.165) is 0 Å². The summed E-state index contributed by atoms with van der Waals surface area (Å²) in [4.78, 5) is 0. The molecule has 0 nitrogen and oxygen atoms in total. The minimum absolute atomic E-state index is 0. The number of hydrogen-bond donors (Lipinski definition) is 0. The Morgan fingerprint density at radius 1 is 0.345 bits per heavy atom. The van der Waals surface area contributed by atoms with Crippen LogP contribution in [-0.2, 0) is 17.1 Å². The molecule has 310 valence electrons. The van der Waals surface area contributed by atoms with Gasteiger partial charge in [0.1, 0.15) is 52.7 Å². The van der Waals surface area contributed by atoms with Crippen LogP contribution < -0.4 is 21.9 Å². The van der Waals surface area contributed by atoms with E-state index in [1.54, 1.807) is 0 Å². The molecule has 1 aliphatic rings. The van der Waals surface area contributed by atoms with Crippen molar-refractivity contribution in [2.75, 3.05) is 0 Å². The normalized spacial score (nSPS) is 12.3. The van der Waals surface area contributed by atoms with Gasteiger partial charge in [0.25, 0.3) is 0 Å². The van der Waals surface area contributed by atoms with Gasteiger partial charge in [-0.3, -0.25) is 0 Å². The van der Waals surface area contributed by atoms with Crippen LogP contribution in [-0.4, -0.2) is 6.15 Å². The van der Waals surface area contributed by atoms with Crippen LogP contribution in [0.25, 0.3) is 0 Å². The molecule has 58 heavy (non-hydrogen) atoms. The Labute approximate surface area is 322 Å². The molecule has 0 saturated heterocycles. The van der Waals surface area contributed by atoms with Gasteiger partial charge in [0.2, 0.25) is 0 Å². The van der Waals surface area contributed by atoms with Gasteiger partial charge < -0.3 is 0 Å². The topological polar surface area (TPSA) is 0 Å². The molecular formula is C36H15BF20Fe. The number of hydrogen-bond acceptors (Lipinski definition) is 0. The second-order valence-corrected chi connectivity index (χ2v) is 11.9. The first-order valence-electron chi connectivity index (χ1n) is 15.3. The molecule has 0 spiro atoms. The molecule has 0 amide bonds. The van der Waals surface area contributed by atoms with E-state index in [0.29, 0.717) is 5.92 Å². The summed E-state index contributed by atoms with van der Waals surface area (Å²) < 4.78 is 294. The third kappa shape index (κ3) is 7.63. The van der Waals surface area contributed by atoms with Crippen molar-refractivity contribution in [2.24, 2.45) is 5.92 Å². The maximum Gasteiger partial charge on any atom is 2.00 e. The SMILES string of the molecule is CC1C=CC=C1.C[c-]1cccc1.Fc1c(F)c(F)c([B-](c2c(F)c(F)c(F)c(F)c2F)(c2c(F)c(F)c(F)c(F)c2F)c2c(F)c(F)c(F)c(F)c2F)c(F)c1F.[Fe+2]. The fourth-order valence-electron chi connectivity index (χ4n) is 5.89. The zero-order valence-corrected chi connectivity index (χ0v) is 29.3. The molecular weight excluding hydrogens is 879 g/mol. The number of aryl methyl sites for hydroxylation is 1. The Kier molecular flexibility index (Phi) is 14.5. The summed E-state index contributed by atoms with van der Waals surface area (Å²) >= 11 is 0. The van der Waals surface area contributed by atoms with E-state index in [1.807, 2.05) is 12.1 Å². The minimum atomic E-state index is -7.22. The molecule has 22 heteroatoms. The number of allylic oxidation sites excluding steroid dienone is 4. The van der Waals surface area contributed by atoms with Gasteiger partial charge in [-0.2, -0.15) is 17.7 Å². The van der Waals surface area contributed by atoms with Crippen LogP contribution in [0.3, 0.4) is 0 Å². The van der Waals surface area contributed by atoms with Crippen LogP contribution in [0.2, 0.25) is 0 Å². The molecule has 0 aromatic heterocycles. The number of rotatable bonds is 4. The van der Waals surface area contributed by atoms with Crippen molar-refractivity contribution < 1.29 is 105 Å². The summed E-state index contributed by atoms with van der Waals surface area (Å²) in [5.41, 5.74) is -13.0. The molecule has 1 aliphatic carbocycles. The molecule has 5 aromatic carbocycles. The molecule has 0 aliphatic heterocycles. The number of halogens is 20. The van der Waals surface area contributed by atoms with E-state index in [2.05, 4.69) is 50.3 Å². The third-order valence-electron chi connectivity index (χ3n) is 8.48. The Balaban J connectivity index is 0.000000588. The summed E-state index contributed by atoms with van der Waals surface area (Å²) in [6.07, 6.45) is 1.26. The summed E-state index contributed by atoms with van der Waals surface area (Å²) in [7, 11) is 0. The predicted molar refractivity (Wildman–Crippen MR) is 163 cm³/mol. The zero-order valence-electron chi connectivity index (χ0n) is 28.2. The predicted octanol–water partition coefficient (Wildman–Crippen LogP) is 9.31. The van der Waals surface area contributed by atoms with Gasteiger partial charge in [-0.05, 0) is 5.92 Å². The van der Waals surface area contributed by atoms with Gasteiger partial charge in [0.05, 0.1) is 0 Å². The molecule has 0 N–H and O–H groups in total. The van der Waals surface area contributed by atoms with Crippen LogP contribution in [0.4, 0.5) is 87.8 Å². The van der Waals surface area contributed by atoms with Crippen LogP contribution in [0, 0.1) is 129 Å². The maximum atomic E-state index is 15.4. The van der Waals surface area contributed by atoms with Crippen molar-refractivity contribution >= 4 is 28.0 Å². The van der Waals surface area contributed by atoms with Gasteiger partial charge in [0.15, 0.2) is 69.8 Å². The van der Waals surface area contributed by atoms with Gasteiger partial charge >= 0.3 is 17.1 Å². The average Bonchev–Trinajstić information content (AvgIpc) is 3.88. The molecule has 0 heterocycles. The average molecular weight is 894 g/mol. The fraction of sp³-hybridized carbons (Fsp3) is 0.0833. The Hall–Kier alpha value is -5.11. The second kappa shape index (κ2) is 17.8. The van der Waals surface area contributed by atoms with Crippen LogP contribution >= 0.6 is 0 Å². The van der Waals surface area contributed by atoms with E-state index in [-0.39, 0.29) is 17.1 Å². The maximum absolute atomic E-state index is 15.4. The van der Waals surface area contributed by atoms with Crippen molar-refractivity contribution in [2.45, 2.75) is 13.8 Å². The van der Waals surface area contributed by atoms with Gasteiger partial charge in [-0.15, -0.1) is 21.9 Å². The summed E-state index contributed by atoms with van der Waals surface area (Å²) in [5, 5.41) is 0. The van der Waals surface area contributed by atoms with Crippen molar-refractivity contribution in [3.05, 3.63) is 170 Å². The van der Waals surface area contributed by atoms with E-state index < -0.39 is 144 Å². The quantitative estimate of drug-likeness (QED) is 0.0556. The summed E-state index contributed by atoms with van der Waals surface area (Å²) in [5.74, 6) is -70.7. The van der Waals surface area contributed by atoms with Crippen molar-refractivity contribution in [3.63, 3.8) is 0 Å². The van der Waals surface area contributed by atoms with Crippen molar-refractivity contribution in [1.82, 2.24) is 0 Å². The van der Waals surface area contributed by atoms with Gasteiger partial charge in [-0.25, -0.2) is 99.9 Å². The van der Waals surface area contributed by atoms with E-state index >= 15 is 35.1 Å². The van der Waals surface area contributed by atoms with Gasteiger partial charge in [-0.1, -0.05) is 38.2 Å². The van der Waals surface area contributed by atoms with E-state index in [9.17, 15) is 52.7 Å². The molecule has 0 fully saturated rings. The Bertz CT molecular complexity index is 2050. The summed E-state index contributed by atoms with van der Waals surface area (Å²) in [6.45, 7) is 4.25. The fourth-order valence-corrected chi connectivity index (χ4v) is 5.89. The molecule has 6 rings (SSSR count). The summed E-state index contributed by atoms with van der Waals surface area (Å²) in [6, 6.07) is 8.24. The number of benzene rings is 4. The second-order valence-electron chi connectivity index (χ2n) is 11.9. The zero-order chi connectivity index (χ0) is 43.2. The molecule has 0 unspecified atom stereocenters. The van der Waals surface area contributed by atoms with Crippen LogP contribution in [0.1, 0.15) is 12.5 Å². The smallest absolute Gasteiger partial charge is 0.213 e. The monoisotopic (exact) mass is 894 g/mol. The van der Waals surface area contributed by atoms with Crippen LogP contribution in [0.5, 0.6) is 0 Å². The molecule has 5 aromatic rings. The molecule has 0 saturated carbocycles. The van der Waals surface area contributed by atoms with Crippen molar-refractivity contribution in [1.29, 1.82) is 0 Å². The van der Waals surface area contributed by atoms with E-state index in [1.165, 1.54) is 5.56 Å². The van der Waals surface area contributed by atoms with Gasteiger partial charge in [0, 0.05) is 0 Å². The standard InChI is InChI=1S/C24BF20.C6H8.C6H7.Fe/c26-5-1(6(27)14(35)21(42)13(5)34)25(2-7(28)15(36)22(43)16(37)8(2)29,3-9(30)17(38)23(44)18(39)10(3)31)4-11(32)19(40)24(45)20(41)12(4)33;2*1-6-4-2-3-5-6;/h;2-6H,1H3;2-5H,1H3;/q-1;;-1;+2. The minimum Gasteiger partial charge on any atom is -0.213 e. The first-order valence-corrected chi connectivity index (χ1v) is 15.3. The molecule has 0 bridgehead atoms.